The van der Waals surface area contributed by atoms with E-state index < -0.39 is 11.9 Å². The largest absolute Gasteiger partial charge is 0.486 e. The molecule has 8 heteroatoms. The van der Waals surface area contributed by atoms with E-state index in [2.05, 4.69) is 37.2 Å². The first kappa shape index (κ1) is 24.8. The molecule has 1 aliphatic heterocycles. The van der Waals surface area contributed by atoms with Crippen LogP contribution in [0.2, 0.25) is 5.02 Å². The lowest BCUT2D eigenvalue weighted by Crippen LogP contribution is -2.29. The quantitative estimate of drug-likeness (QED) is 0.303. The van der Waals surface area contributed by atoms with Crippen molar-refractivity contribution >= 4 is 60.9 Å². The maximum atomic E-state index is 13.6. The lowest BCUT2D eigenvalue weighted by molar-refractivity contribution is -0.136. The number of hydrogen-bond donors (Lipinski definition) is 1. The Balaban J connectivity index is 1.57. The number of hydrogen-bond acceptors (Lipinski definition) is 5. The SMILES string of the molecule is COC(=O)C1=C(C)NC2=C(C(=O)c3ccccc32)[C@@H]1c1cc(Cl)c(OCc2ccc(Br)cc2)c(Br)c1. The van der Waals surface area contributed by atoms with Crippen LogP contribution in [0.15, 0.2) is 86.5 Å². The smallest absolute Gasteiger partial charge is 0.336 e. The van der Waals surface area contributed by atoms with E-state index >= 15 is 0 Å². The summed E-state index contributed by atoms with van der Waals surface area (Å²) in [7, 11) is 1.33. The molecule has 1 heterocycles. The van der Waals surface area contributed by atoms with Crippen LogP contribution in [-0.4, -0.2) is 18.9 Å². The van der Waals surface area contributed by atoms with E-state index in [1.807, 2.05) is 48.5 Å². The molecule has 5 nitrogen and oxygen atoms in total. The first-order valence-corrected chi connectivity index (χ1v) is 13.1. The van der Waals surface area contributed by atoms with Crippen LogP contribution >= 0.6 is 43.5 Å². The van der Waals surface area contributed by atoms with E-state index in [1.54, 1.807) is 19.1 Å². The van der Waals surface area contributed by atoms with Gasteiger partial charge in [-0.2, -0.15) is 0 Å². The lowest BCUT2D eigenvalue weighted by Gasteiger charge is -2.29. The van der Waals surface area contributed by atoms with Gasteiger partial charge in [0, 0.05) is 32.8 Å². The summed E-state index contributed by atoms with van der Waals surface area (Å²) in [6, 6.07) is 18.8. The summed E-state index contributed by atoms with van der Waals surface area (Å²) in [6.45, 7) is 2.13. The molecule has 0 saturated heterocycles. The molecule has 0 radical (unpaired) electrons. The average Bonchev–Trinajstić information content (AvgIpc) is 3.14. The Morgan fingerprint density at radius 2 is 1.75 bits per heavy atom. The zero-order chi connectivity index (χ0) is 25.6. The van der Waals surface area contributed by atoms with Crippen LogP contribution in [0.3, 0.4) is 0 Å². The average molecular weight is 630 g/mol. The summed E-state index contributed by atoms with van der Waals surface area (Å²) in [5.74, 6) is -0.825. The third kappa shape index (κ3) is 4.29. The summed E-state index contributed by atoms with van der Waals surface area (Å²) in [6.07, 6.45) is 0. The monoisotopic (exact) mass is 627 g/mol. The maximum Gasteiger partial charge on any atom is 0.336 e. The van der Waals surface area contributed by atoms with Gasteiger partial charge in [-0.05, 0) is 58.2 Å². The molecule has 5 rings (SSSR count). The predicted molar refractivity (Wildman–Crippen MR) is 146 cm³/mol. The molecule has 0 aromatic heterocycles. The molecule has 1 aliphatic carbocycles. The molecule has 0 amide bonds. The Kier molecular flexibility index (Phi) is 6.81. The third-order valence-electron chi connectivity index (χ3n) is 6.30. The molecule has 0 saturated carbocycles. The molecule has 2 aliphatic rings. The van der Waals surface area contributed by atoms with Crippen molar-refractivity contribution in [3.05, 3.63) is 114 Å². The van der Waals surface area contributed by atoms with Gasteiger partial charge in [-0.15, -0.1) is 0 Å². The molecule has 1 atom stereocenters. The fourth-order valence-corrected chi connectivity index (χ4v) is 5.92. The zero-order valence-electron chi connectivity index (χ0n) is 19.3. The van der Waals surface area contributed by atoms with Gasteiger partial charge in [0.1, 0.15) is 6.61 Å². The molecule has 36 heavy (non-hydrogen) atoms. The highest BCUT2D eigenvalue weighted by molar-refractivity contribution is 9.10. The number of carbonyl (C=O) groups is 2. The van der Waals surface area contributed by atoms with Gasteiger partial charge in [0.15, 0.2) is 11.5 Å². The molecule has 0 unspecified atom stereocenters. The van der Waals surface area contributed by atoms with Gasteiger partial charge in [0.05, 0.1) is 27.9 Å². The van der Waals surface area contributed by atoms with Crippen LogP contribution in [-0.2, 0) is 16.1 Å². The summed E-state index contributed by atoms with van der Waals surface area (Å²) < 4.78 is 12.7. The van der Waals surface area contributed by atoms with Crippen LogP contribution in [0.25, 0.3) is 5.70 Å². The second kappa shape index (κ2) is 9.88. The van der Waals surface area contributed by atoms with E-state index in [4.69, 9.17) is 21.1 Å². The van der Waals surface area contributed by atoms with Crippen LogP contribution in [0.4, 0.5) is 0 Å². The van der Waals surface area contributed by atoms with Crippen LogP contribution in [0.5, 0.6) is 5.75 Å². The Morgan fingerprint density at radius 1 is 1.06 bits per heavy atom. The van der Waals surface area contributed by atoms with Gasteiger partial charge in [-0.3, -0.25) is 4.79 Å². The summed E-state index contributed by atoms with van der Waals surface area (Å²) in [5.41, 5.74) is 5.25. The summed E-state index contributed by atoms with van der Waals surface area (Å²) in [4.78, 5) is 26.5. The van der Waals surface area contributed by atoms with E-state index in [0.717, 1.165) is 15.6 Å². The van der Waals surface area contributed by atoms with Crippen molar-refractivity contribution in [3.8, 4) is 5.75 Å². The number of rotatable bonds is 5. The molecule has 0 bridgehead atoms. The first-order chi connectivity index (χ1) is 17.3. The van der Waals surface area contributed by atoms with Gasteiger partial charge >= 0.3 is 5.97 Å². The van der Waals surface area contributed by atoms with Crippen molar-refractivity contribution in [2.24, 2.45) is 0 Å². The second-order valence-electron chi connectivity index (χ2n) is 8.48. The number of halogens is 3. The second-order valence-corrected chi connectivity index (χ2v) is 10.7. The zero-order valence-corrected chi connectivity index (χ0v) is 23.3. The normalized spacial score (nSPS) is 16.5. The molecule has 3 aromatic rings. The number of methoxy groups -OCH3 is 1. The predicted octanol–water partition coefficient (Wildman–Crippen LogP) is 7.19. The van der Waals surface area contributed by atoms with Crippen molar-refractivity contribution in [3.63, 3.8) is 0 Å². The highest BCUT2D eigenvalue weighted by Gasteiger charge is 2.43. The van der Waals surface area contributed by atoms with Crippen LogP contribution in [0.1, 0.15) is 39.9 Å². The van der Waals surface area contributed by atoms with Crippen LogP contribution in [0, 0.1) is 0 Å². The molecule has 0 spiro atoms. The summed E-state index contributed by atoms with van der Waals surface area (Å²) >= 11 is 13.7. The number of fused-ring (bicyclic) bond motifs is 2. The topological polar surface area (TPSA) is 64.6 Å². The molecular weight excluding hydrogens is 610 g/mol. The Hall–Kier alpha value is -2.87. The van der Waals surface area contributed by atoms with Crippen molar-refractivity contribution in [1.82, 2.24) is 5.32 Å². The fourth-order valence-electron chi connectivity index (χ4n) is 4.66. The minimum atomic E-state index is -0.664. The van der Waals surface area contributed by atoms with Gasteiger partial charge < -0.3 is 14.8 Å². The Bertz CT molecular complexity index is 1450. The van der Waals surface area contributed by atoms with E-state index in [0.29, 0.717) is 55.5 Å². The van der Waals surface area contributed by atoms with E-state index in [9.17, 15) is 9.59 Å². The number of benzene rings is 3. The standard InChI is InChI=1S/C28H20Br2ClNO4/c1-14-22(28(34)35-2)23(24-25(32-14)18-5-3-4-6-19(18)26(24)33)16-11-20(30)27(21(31)12-16)36-13-15-7-9-17(29)10-8-15/h3-12,23,32H,13H2,1-2H3/t23-/m1/s1. The number of dihydropyridines is 1. The lowest BCUT2D eigenvalue weighted by atomic mass is 9.80. The highest BCUT2D eigenvalue weighted by Crippen LogP contribution is 2.48. The first-order valence-electron chi connectivity index (χ1n) is 11.1. The van der Waals surface area contributed by atoms with Crippen molar-refractivity contribution < 1.29 is 19.1 Å². The molecule has 182 valence electrons. The van der Waals surface area contributed by atoms with Gasteiger partial charge in [0.2, 0.25) is 0 Å². The third-order valence-corrected chi connectivity index (χ3v) is 7.70. The number of Topliss-reactive ketones (excluding diaryl/α,β-unsaturated/α-hetero) is 1. The van der Waals surface area contributed by atoms with Crippen molar-refractivity contribution in [2.45, 2.75) is 19.4 Å². The van der Waals surface area contributed by atoms with Gasteiger partial charge in [0.25, 0.3) is 0 Å². The number of ketones is 1. The van der Waals surface area contributed by atoms with Gasteiger partial charge in [-0.25, -0.2) is 4.79 Å². The number of allylic oxidation sites excluding steroid dienone is 2. The number of esters is 1. The fraction of sp³-hybridized carbons (Fsp3) is 0.143. The molecule has 3 aromatic carbocycles. The minimum Gasteiger partial charge on any atom is -0.486 e. The van der Waals surface area contributed by atoms with E-state index in [-0.39, 0.29) is 5.78 Å². The number of nitrogens with one attached hydrogen (secondary N) is 1. The molecular formula is C28H20Br2ClNO4. The van der Waals surface area contributed by atoms with E-state index in [1.165, 1.54) is 7.11 Å². The maximum absolute atomic E-state index is 13.6. The number of carbonyl (C=O) groups excluding carboxylic acids is 2. The Labute approximate surface area is 230 Å². The number of ether oxygens (including phenoxy) is 2. The van der Waals surface area contributed by atoms with Gasteiger partial charge in [-0.1, -0.05) is 63.9 Å². The molecule has 0 fully saturated rings. The highest BCUT2D eigenvalue weighted by atomic mass is 79.9. The van der Waals surface area contributed by atoms with Crippen molar-refractivity contribution in [1.29, 1.82) is 0 Å². The molecule has 1 N–H and O–H groups in total. The minimum absolute atomic E-state index is 0.130. The van der Waals surface area contributed by atoms with Crippen LogP contribution < -0.4 is 10.1 Å². The summed E-state index contributed by atoms with van der Waals surface area (Å²) in [5, 5.41) is 3.64. The Morgan fingerprint density at radius 3 is 2.42 bits per heavy atom. The van der Waals surface area contributed by atoms with Crippen molar-refractivity contribution in [2.75, 3.05) is 7.11 Å².